The van der Waals surface area contributed by atoms with E-state index >= 15 is 0 Å². The lowest BCUT2D eigenvalue weighted by atomic mass is 9.97. The Balaban J connectivity index is 1.76. The maximum atomic E-state index is 12.7. The van der Waals surface area contributed by atoms with E-state index in [2.05, 4.69) is 5.10 Å². The number of para-hydroxylation sites is 1. The van der Waals surface area contributed by atoms with Crippen LogP contribution in [0.15, 0.2) is 35.4 Å². The Bertz CT molecular complexity index is 638. The Hall–Kier alpha value is -2.37. The molecule has 1 aliphatic carbocycles. The Kier molecular flexibility index (Phi) is 5.68. The van der Waals surface area contributed by atoms with Crippen molar-refractivity contribution in [2.24, 2.45) is 5.10 Å². The smallest absolute Gasteiger partial charge is 0.354 e. The number of hydrogen-bond donors (Lipinski definition) is 0. The summed E-state index contributed by atoms with van der Waals surface area (Å²) in [7, 11) is 0. The largest absolute Gasteiger partial charge is 0.461 e. The summed E-state index contributed by atoms with van der Waals surface area (Å²) in [5.74, 6) is -0.796. The molecule has 0 spiro atoms. The van der Waals surface area contributed by atoms with Gasteiger partial charge in [0.2, 0.25) is 0 Å². The first kappa shape index (κ1) is 17.5. The van der Waals surface area contributed by atoms with Crippen molar-refractivity contribution in [3.63, 3.8) is 0 Å². The molecule has 6 heteroatoms. The standard InChI is InChI=1S/C19H24N2O4/c1-2-24-18(22)16-13-17(19(23)25-15-11-7-4-8-12-15)21(20-16)14-9-5-3-6-10-14/h3,5-6,9-10,15,17H,2,4,7-8,11-13H2,1H3. The van der Waals surface area contributed by atoms with Gasteiger partial charge in [-0.15, -0.1) is 0 Å². The lowest BCUT2D eigenvalue weighted by Crippen LogP contribution is -2.38. The van der Waals surface area contributed by atoms with Crippen molar-refractivity contribution in [1.82, 2.24) is 0 Å². The molecule has 3 rings (SSSR count). The summed E-state index contributed by atoms with van der Waals surface area (Å²) in [6, 6.07) is 8.73. The number of hydrazone groups is 1. The number of anilines is 1. The minimum Gasteiger partial charge on any atom is -0.461 e. The molecule has 0 amide bonds. The molecule has 1 fully saturated rings. The molecule has 0 aromatic heterocycles. The molecule has 1 aliphatic heterocycles. The normalized spacial score (nSPS) is 20.9. The van der Waals surface area contributed by atoms with Crippen LogP contribution in [0, 0.1) is 0 Å². The van der Waals surface area contributed by atoms with E-state index < -0.39 is 12.0 Å². The predicted molar refractivity (Wildman–Crippen MR) is 94.4 cm³/mol. The summed E-state index contributed by atoms with van der Waals surface area (Å²) >= 11 is 0. The van der Waals surface area contributed by atoms with Crippen molar-refractivity contribution in [3.8, 4) is 0 Å². The van der Waals surface area contributed by atoms with Crippen LogP contribution in [0.25, 0.3) is 0 Å². The monoisotopic (exact) mass is 344 g/mol. The SMILES string of the molecule is CCOC(=O)C1=NN(c2ccccc2)C(C(=O)OC2CCCCC2)C1. The van der Waals surface area contributed by atoms with E-state index in [4.69, 9.17) is 9.47 Å². The fourth-order valence-electron chi connectivity index (χ4n) is 3.28. The summed E-state index contributed by atoms with van der Waals surface area (Å²) in [4.78, 5) is 24.8. The van der Waals surface area contributed by atoms with Gasteiger partial charge in [-0.05, 0) is 44.7 Å². The van der Waals surface area contributed by atoms with Gasteiger partial charge in [0.05, 0.1) is 12.3 Å². The second-order valence-electron chi connectivity index (χ2n) is 6.36. The molecule has 1 saturated carbocycles. The van der Waals surface area contributed by atoms with Crippen LogP contribution in [0.3, 0.4) is 0 Å². The van der Waals surface area contributed by atoms with E-state index in [0.717, 1.165) is 31.4 Å². The van der Waals surface area contributed by atoms with Gasteiger partial charge in [-0.2, -0.15) is 5.10 Å². The van der Waals surface area contributed by atoms with E-state index in [1.165, 1.54) is 6.42 Å². The highest BCUT2D eigenvalue weighted by Gasteiger charge is 2.38. The van der Waals surface area contributed by atoms with Crippen LogP contribution in [0.1, 0.15) is 45.4 Å². The molecule has 1 unspecified atom stereocenters. The van der Waals surface area contributed by atoms with Crippen LogP contribution in [-0.4, -0.2) is 36.4 Å². The third-order valence-corrected chi connectivity index (χ3v) is 4.55. The zero-order valence-corrected chi connectivity index (χ0v) is 14.5. The highest BCUT2D eigenvalue weighted by molar-refractivity contribution is 6.38. The molecule has 0 N–H and O–H groups in total. The van der Waals surface area contributed by atoms with Crippen LogP contribution >= 0.6 is 0 Å². The molecule has 25 heavy (non-hydrogen) atoms. The average Bonchev–Trinajstić information content (AvgIpc) is 3.09. The third kappa shape index (κ3) is 4.18. The highest BCUT2D eigenvalue weighted by Crippen LogP contribution is 2.27. The van der Waals surface area contributed by atoms with Gasteiger partial charge in [-0.1, -0.05) is 24.6 Å². The van der Waals surface area contributed by atoms with Gasteiger partial charge in [0.1, 0.15) is 11.8 Å². The minimum atomic E-state index is -0.622. The molecule has 2 aliphatic rings. The van der Waals surface area contributed by atoms with Gasteiger partial charge in [0.25, 0.3) is 0 Å². The number of hydrogen-bond acceptors (Lipinski definition) is 6. The molecule has 0 radical (unpaired) electrons. The first-order chi connectivity index (χ1) is 12.2. The maximum Gasteiger partial charge on any atom is 0.354 e. The van der Waals surface area contributed by atoms with Crippen molar-refractivity contribution < 1.29 is 19.1 Å². The zero-order chi connectivity index (χ0) is 17.6. The first-order valence-electron chi connectivity index (χ1n) is 8.98. The van der Waals surface area contributed by atoms with Crippen molar-refractivity contribution >= 4 is 23.3 Å². The molecular weight excluding hydrogens is 320 g/mol. The van der Waals surface area contributed by atoms with Gasteiger partial charge in [0, 0.05) is 6.42 Å². The van der Waals surface area contributed by atoms with Crippen molar-refractivity contribution in [1.29, 1.82) is 0 Å². The lowest BCUT2D eigenvalue weighted by Gasteiger charge is -2.26. The Morgan fingerprint density at radius 3 is 2.56 bits per heavy atom. The Morgan fingerprint density at radius 1 is 1.16 bits per heavy atom. The zero-order valence-electron chi connectivity index (χ0n) is 14.5. The van der Waals surface area contributed by atoms with Gasteiger partial charge >= 0.3 is 11.9 Å². The second kappa shape index (κ2) is 8.14. The summed E-state index contributed by atoms with van der Waals surface area (Å²) in [5, 5.41) is 5.93. The summed E-state index contributed by atoms with van der Waals surface area (Å²) in [6.07, 6.45) is 5.39. The van der Waals surface area contributed by atoms with Crippen LogP contribution < -0.4 is 5.01 Å². The Labute approximate surface area is 147 Å². The predicted octanol–water partition coefficient (Wildman–Crippen LogP) is 3.06. The minimum absolute atomic E-state index is 0.0227. The summed E-state index contributed by atoms with van der Waals surface area (Å²) in [6.45, 7) is 2.03. The molecule has 1 aromatic carbocycles. The van der Waals surface area contributed by atoms with Gasteiger partial charge in [0.15, 0.2) is 6.04 Å². The highest BCUT2D eigenvalue weighted by atomic mass is 16.5. The molecular formula is C19H24N2O4. The molecule has 6 nitrogen and oxygen atoms in total. The second-order valence-corrected chi connectivity index (χ2v) is 6.36. The number of benzene rings is 1. The fourth-order valence-corrected chi connectivity index (χ4v) is 3.28. The van der Waals surface area contributed by atoms with Crippen molar-refractivity contribution in [3.05, 3.63) is 30.3 Å². The van der Waals surface area contributed by atoms with E-state index in [1.54, 1.807) is 11.9 Å². The molecule has 134 valence electrons. The third-order valence-electron chi connectivity index (χ3n) is 4.55. The topological polar surface area (TPSA) is 68.2 Å². The quantitative estimate of drug-likeness (QED) is 0.768. The number of carbonyl (C=O) groups excluding carboxylic acids is 2. The number of ether oxygens (including phenoxy) is 2. The van der Waals surface area contributed by atoms with E-state index in [9.17, 15) is 9.59 Å². The van der Waals surface area contributed by atoms with Crippen LogP contribution in [-0.2, 0) is 19.1 Å². The number of esters is 2. The lowest BCUT2D eigenvalue weighted by molar-refractivity contribution is -0.151. The van der Waals surface area contributed by atoms with Crippen LogP contribution in [0.2, 0.25) is 0 Å². The summed E-state index contributed by atoms with van der Waals surface area (Å²) in [5.41, 5.74) is 1.02. The van der Waals surface area contributed by atoms with Crippen LogP contribution in [0.5, 0.6) is 0 Å². The molecule has 1 heterocycles. The van der Waals surface area contributed by atoms with E-state index in [0.29, 0.717) is 0 Å². The maximum absolute atomic E-state index is 12.7. The Morgan fingerprint density at radius 2 is 1.88 bits per heavy atom. The molecule has 1 atom stereocenters. The number of carbonyl (C=O) groups is 2. The van der Waals surface area contributed by atoms with Gasteiger partial charge in [-0.25, -0.2) is 9.59 Å². The number of nitrogens with zero attached hydrogens (tertiary/aromatic N) is 2. The van der Waals surface area contributed by atoms with Gasteiger partial charge in [-0.3, -0.25) is 5.01 Å². The van der Waals surface area contributed by atoms with Crippen molar-refractivity contribution in [2.75, 3.05) is 11.6 Å². The first-order valence-corrected chi connectivity index (χ1v) is 8.98. The van der Waals surface area contributed by atoms with Crippen LogP contribution in [0.4, 0.5) is 5.69 Å². The fraction of sp³-hybridized carbons (Fsp3) is 0.526. The average molecular weight is 344 g/mol. The van der Waals surface area contributed by atoms with Gasteiger partial charge < -0.3 is 9.47 Å². The summed E-state index contributed by atoms with van der Waals surface area (Å²) < 4.78 is 10.7. The number of rotatable bonds is 5. The van der Waals surface area contributed by atoms with E-state index in [-0.39, 0.29) is 30.8 Å². The van der Waals surface area contributed by atoms with E-state index in [1.807, 2.05) is 30.3 Å². The molecule has 0 saturated heterocycles. The van der Waals surface area contributed by atoms with Crippen molar-refractivity contribution in [2.45, 2.75) is 57.6 Å². The molecule has 0 bridgehead atoms. The molecule has 1 aromatic rings.